The largest absolute Gasteiger partial charge is 0.394 e. The van der Waals surface area contributed by atoms with E-state index in [9.17, 15) is 14.7 Å². The number of hydrogen-bond donors (Lipinski definition) is 3. The van der Waals surface area contributed by atoms with E-state index in [-0.39, 0.29) is 17.6 Å². The van der Waals surface area contributed by atoms with E-state index in [1.165, 1.54) is 18.7 Å². The van der Waals surface area contributed by atoms with Crippen molar-refractivity contribution >= 4 is 11.2 Å². The molecular weight excluding hydrogens is 240 g/mol. The van der Waals surface area contributed by atoms with Crippen molar-refractivity contribution in [1.82, 2.24) is 19.1 Å². The van der Waals surface area contributed by atoms with Crippen LogP contribution in [0.1, 0.15) is 5.82 Å². The van der Waals surface area contributed by atoms with Gasteiger partial charge in [0.15, 0.2) is 5.65 Å². The van der Waals surface area contributed by atoms with Gasteiger partial charge in [-0.3, -0.25) is 13.9 Å². The third kappa shape index (κ3) is 1.85. The van der Waals surface area contributed by atoms with Gasteiger partial charge >= 0.3 is 5.69 Å². The molecule has 1 unspecified atom stereocenters. The van der Waals surface area contributed by atoms with Crippen LogP contribution in [-0.4, -0.2) is 42.0 Å². The molecule has 0 spiro atoms. The van der Waals surface area contributed by atoms with E-state index in [1.54, 1.807) is 0 Å². The Balaban J connectivity index is 2.65. The molecule has 2 heterocycles. The van der Waals surface area contributed by atoms with Crippen LogP contribution >= 0.6 is 0 Å². The molecule has 0 saturated heterocycles. The summed E-state index contributed by atoms with van der Waals surface area (Å²) in [4.78, 5) is 30.4. The first kappa shape index (κ1) is 12.5. The normalized spacial score (nSPS) is 13.1. The van der Waals surface area contributed by atoms with Gasteiger partial charge in [0.2, 0.25) is 0 Å². The molecule has 1 atom stereocenters. The lowest BCUT2D eigenvalue weighted by Crippen LogP contribution is -2.36. The highest BCUT2D eigenvalue weighted by Crippen LogP contribution is 2.06. The van der Waals surface area contributed by atoms with Gasteiger partial charge in [0.25, 0.3) is 5.56 Å². The van der Waals surface area contributed by atoms with Crippen LogP contribution in [-0.2, 0) is 20.5 Å². The van der Waals surface area contributed by atoms with Crippen LogP contribution < -0.4 is 11.2 Å². The molecule has 0 radical (unpaired) electrons. The summed E-state index contributed by atoms with van der Waals surface area (Å²) in [5, 5.41) is 18.1. The third-order valence-electron chi connectivity index (χ3n) is 2.78. The summed E-state index contributed by atoms with van der Waals surface area (Å²) >= 11 is 0. The maximum Gasteiger partial charge on any atom is 0.332 e. The van der Waals surface area contributed by atoms with Gasteiger partial charge in [-0.2, -0.15) is 0 Å². The van der Waals surface area contributed by atoms with Crippen molar-refractivity contribution in [3.8, 4) is 0 Å². The number of hydrogen-bond acceptors (Lipinski definition) is 5. The lowest BCUT2D eigenvalue weighted by atomic mass is 10.2. The van der Waals surface area contributed by atoms with Gasteiger partial charge < -0.3 is 15.2 Å². The van der Waals surface area contributed by atoms with Gasteiger partial charge in [-0.1, -0.05) is 0 Å². The number of fused-ring (bicyclic) bond motifs is 1. The number of aromatic nitrogens is 4. The fraction of sp³-hybridized carbons (Fsp3) is 0.500. The Labute approximate surface area is 101 Å². The summed E-state index contributed by atoms with van der Waals surface area (Å²) in [5.74, 6) is 0.352. The highest BCUT2D eigenvalue weighted by Gasteiger charge is 2.14. The second kappa shape index (κ2) is 4.39. The molecule has 98 valence electrons. The molecule has 8 heteroatoms. The van der Waals surface area contributed by atoms with Crippen LogP contribution in [0.2, 0.25) is 0 Å². The summed E-state index contributed by atoms with van der Waals surface area (Å²) in [6, 6.07) is 0. The van der Waals surface area contributed by atoms with Crippen molar-refractivity contribution in [2.45, 2.75) is 12.5 Å². The Morgan fingerprint density at radius 3 is 2.61 bits per heavy atom. The molecule has 2 aromatic rings. The van der Waals surface area contributed by atoms with E-state index in [4.69, 9.17) is 5.11 Å². The number of nitrogens with zero attached hydrogens (tertiary/aromatic N) is 3. The summed E-state index contributed by atoms with van der Waals surface area (Å²) in [5.41, 5.74) is -0.485. The first-order chi connectivity index (χ1) is 8.45. The van der Waals surface area contributed by atoms with Crippen molar-refractivity contribution in [2.24, 2.45) is 14.1 Å². The molecule has 0 aliphatic rings. The molecule has 0 fully saturated rings. The fourth-order valence-corrected chi connectivity index (χ4v) is 1.76. The van der Waals surface area contributed by atoms with Crippen LogP contribution in [0.3, 0.4) is 0 Å². The minimum atomic E-state index is -0.952. The maximum absolute atomic E-state index is 11.8. The SMILES string of the molecule is Cn1c(=O)c2[nH]c(CC(O)CO)nc2n(C)c1=O. The van der Waals surface area contributed by atoms with Gasteiger partial charge in [-0.05, 0) is 0 Å². The number of imidazole rings is 1. The van der Waals surface area contributed by atoms with E-state index in [1.807, 2.05) is 0 Å². The minimum absolute atomic E-state index is 0.0858. The molecule has 0 bridgehead atoms. The van der Waals surface area contributed by atoms with Crippen molar-refractivity contribution < 1.29 is 10.2 Å². The molecule has 18 heavy (non-hydrogen) atoms. The van der Waals surface area contributed by atoms with Crippen molar-refractivity contribution in [2.75, 3.05) is 6.61 Å². The summed E-state index contributed by atoms with van der Waals surface area (Å²) in [6.07, 6.45) is -0.867. The van der Waals surface area contributed by atoms with Crippen LogP contribution in [0.5, 0.6) is 0 Å². The first-order valence-electron chi connectivity index (χ1n) is 5.39. The molecule has 8 nitrogen and oxygen atoms in total. The van der Waals surface area contributed by atoms with Crippen LogP contribution in [0.25, 0.3) is 11.2 Å². The second-order valence-corrected chi connectivity index (χ2v) is 4.13. The van der Waals surface area contributed by atoms with Gasteiger partial charge in [0.1, 0.15) is 11.3 Å². The fourth-order valence-electron chi connectivity index (χ4n) is 1.76. The zero-order valence-corrected chi connectivity index (χ0v) is 10.0. The summed E-state index contributed by atoms with van der Waals surface area (Å²) < 4.78 is 2.23. The van der Waals surface area contributed by atoms with Crippen molar-refractivity contribution in [3.05, 3.63) is 26.7 Å². The van der Waals surface area contributed by atoms with Gasteiger partial charge in [0.05, 0.1) is 12.7 Å². The van der Waals surface area contributed by atoms with E-state index in [0.29, 0.717) is 5.82 Å². The zero-order chi connectivity index (χ0) is 13.4. The Kier molecular flexibility index (Phi) is 3.05. The molecule has 3 N–H and O–H groups in total. The van der Waals surface area contributed by atoms with Gasteiger partial charge in [0, 0.05) is 20.5 Å². The number of aryl methyl sites for hydroxylation is 1. The predicted molar refractivity (Wildman–Crippen MR) is 63.4 cm³/mol. The number of aromatic amines is 1. The Morgan fingerprint density at radius 2 is 2.00 bits per heavy atom. The highest BCUT2D eigenvalue weighted by molar-refractivity contribution is 5.69. The number of nitrogens with one attached hydrogen (secondary N) is 1. The number of aliphatic hydroxyl groups excluding tert-OH is 2. The predicted octanol–water partition coefficient (Wildman–Crippen LogP) is -2.14. The molecule has 2 aromatic heterocycles. The smallest absolute Gasteiger partial charge is 0.332 e. The first-order valence-corrected chi connectivity index (χ1v) is 5.39. The number of H-pyrrole nitrogens is 1. The molecule has 0 amide bonds. The van der Waals surface area contributed by atoms with Crippen molar-refractivity contribution in [3.63, 3.8) is 0 Å². The maximum atomic E-state index is 11.8. The molecule has 0 aliphatic carbocycles. The number of rotatable bonds is 3. The standard InChI is InChI=1S/C10H14N4O4/c1-13-8-7(9(17)14(2)10(13)18)11-6(12-8)3-5(16)4-15/h5,15-16H,3-4H2,1-2H3,(H,11,12). The Morgan fingerprint density at radius 1 is 1.33 bits per heavy atom. The van der Waals surface area contributed by atoms with Gasteiger partial charge in [-0.25, -0.2) is 9.78 Å². The third-order valence-corrected chi connectivity index (χ3v) is 2.78. The quantitative estimate of drug-likeness (QED) is 0.578. The van der Waals surface area contributed by atoms with E-state index >= 15 is 0 Å². The van der Waals surface area contributed by atoms with E-state index < -0.39 is 24.0 Å². The Hall–Kier alpha value is -1.93. The molecule has 0 aliphatic heterocycles. The van der Waals surface area contributed by atoms with Crippen LogP contribution in [0.4, 0.5) is 0 Å². The molecule has 0 aromatic carbocycles. The lowest BCUT2D eigenvalue weighted by molar-refractivity contribution is 0.0941. The van der Waals surface area contributed by atoms with E-state index in [0.717, 1.165) is 4.57 Å². The van der Waals surface area contributed by atoms with Crippen LogP contribution in [0, 0.1) is 0 Å². The molecular formula is C10H14N4O4. The minimum Gasteiger partial charge on any atom is -0.394 e. The topological polar surface area (TPSA) is 113 Å². The van der Waals surface area contributed by atoms with Gasteiger partial charge in [-0.15, -0.1) is 0 Å². The second-order valence-electron chi connectivity index (χ2n) is 4.13. The molecule has 2 rings (SSSR count). The highest BCUT2D eigenvalue weighted by atomic mass is 16.3. The van der Waals surface area contributed by atoms with E-state index in [2.05, 4.69) is 9.97 Å². The summed E-state index contributed by atoms with van der Waals surface area (Å²) in [6.45, 7) is -0.395. The average molecular weight is 254 g/mol. The van der Waals surface area contributed by atoms with Crippen LogP contribution in [0.15, 0.2) is 9.59 Å². The molecule has 0 saturated carbocycles. The summed E-state index contributed by atoms with van der Waals surface area (Å²) in [7, 11) is 2.89. The number of aliphatic hydroxyl groups is 2. The zero-order valence-electron chi connectivity index (χ0n) is 10.0. The lowest BCUT2D eigenvalue weighted by Gasteiger charge is -2.02. The monoisotopic (exact) mass is 254 g/mol. The Bertz CT molecular complexity index is 696. The average Bonchev–Trinajstić information content (AvgIpc) is 2.77. The van der Waals surface area contributed by atoms with Crippen molar-refractivity contribution in [1.29, 1.82) is 0 Å².